The van der Waals surface area contributed by atoms with Crippen molar-refractivity contribution in [3.05, 3.63) is 60.2 Å². The van der Waals surface area contributed by atoms with E-state index in [1.165, 1.54) is 0 Å². The van der Waals surface area contributed by atoms with Crippen LogP contribution < -0.4 is 5.32 Å². The molecule has 0 aromatic heterocycles. The van der Waals surface area contributed by atoms with Gasteiger partial charge in [0.2, 0.25) is 5.91 Å². The van der Waals surface area contributed by atoms with Gasteiger partial charge in [0.25, 0.3) is 0 Å². The molecule has 0 radical (unpaired) electrons. The number of aliphatic hydroxyl groups excluding tert-OH is 2. The normalized spacial score (nSPS) is 48.2. The minimum Gasteiger partial charge on any atom is -0.389 e. The molecule has 2 aliphatic carbocycles. The number of hydrogen-bond acceptors (Lipinski definition) is 5. The summed E-state index contributed by atoms with van der Waals surface area (Å²) in [4.78, 5) is 13.9. The Morgan fingerprint density at radius 2 is 1.91 bits per heavy atom. The van der Waals surface area contributed by atoms with Crippen LogP contribution in [0.25, 0.3) is 0 Å². The van der Waals surface area contributed by atoms with E-state index in [9.17, 15) is 20.1 Å². The number of fused-ring (bicyclic) bond motifs is 1. The van der Waals surface area contributed by atoms with E-state index >= 15 is 0 Å². The van der Waals surface area contributed by atoms with Crippen molar-refractivity contribution in [3.8, 4) is 0 Å². The first-order valence-corrected chi connectivity index (χ1v) is 12.5. The second-order valence-electron chi connectivity index (χ2n) is 11.4. The topological polar surface area (TPSA) is 102 Å². The molecule has 11 atom stereocenters. The fourth-order valence-electron chi connectivity index (χ4n) is 7.33. The maximum Gasteiger partial charge on any atom is 0.230 e. The van der Waals surface area contributed by atoms with Gasteiger partial charge in [0.05, 0.1) is 23.2 Å². The first-order chi connectivity index (χ1) is 16.1. The second kappa shape index (κ2) is 8.30. The van der Waals surface area contributed by atoms with E-state index in [4.69, 9.17) is 4.74 Å². The highest BCUT2D eigenvalue weighted by molar-refractivity contribution is 5.88. The van der Waals surface area contributed by atoms with Gasteiger partial charge in [-0.25, -0.2) is 0 Å². The molecule has 1 aromatic carbocycles. The van der Waals surface area contributed by atoms with Crippen molar-refractivity contribution < 1.29 is 24.9 Å². The molecule has 34 heavy (non-hydrogen) atoms. The number of carbonyl (C=O) groups is 1. The van der Waals surface area contributed by atoms with Crippen LogP contribution in [0.1, 0.15) is 39.2 Å². The van der Waals surface area contributed by atoms with Crippen LogP contribution in [0.3, 0.4) is 0 Å². The van der Waals surface area contributed by atoms with E-state index in [0.717, 1.165) is 5.56 Å². The monoisotopic (exact) mass is 467 g/mol. The van der Waals surface area contributed by atoms with E-state index in [-0.39, 0.29) is 29.7 Å². The number of nitrogens with one attached hydrogen (secondary N) is 1. The molecule has 1 saturated carbocycles. The summed E-state index contributed by atoms with van der Waals surface area (Å²) in [7, 11) is 0. The minimum absolute atomic E-state index is 0.184. The predicted molar refractivity (Wildman–Crippen MR) is 129 cm³/mol. The van der Waals surface area contributed by atoms with Crippen molar-refractivity contribution in [2.24, 2.45) is 29.1 Å². The van der Waals surface area contributed by atoms with Crippen molar-refractivity contribution >= 4 is 5.91 Å². The molecule has 184 valence electrons. The number of rotatable bonds is 2. The standard InChI is InChI=1S/C28H37NO5/c1-15-9-8-12-19-22(30)17(3)16(2)21-20(13-18-10-6-5-7-11-18)29-26(32)28(19,21)24(31)23-25(34-23)27(4,33)14-15/h5-8,10-12,15-16,19-25,30-31,33H,3,9,13-14H2,1-2,4H3,(H,29,32)/t15-,16+,19-,20-,21-,22+,23+,24+,25-,27+,28-/m0/s1. The Balaban J connectivity index is 1.62. The van der Waals surface area contributed by atoms with Crippen molar-refractivity contribution in [3.63, 3.8) is 0 Å². The zero-order valence-corrected chi connectivity index (χ0v) is 20.2. The highest BCUT2D eigenvalue weighted by Crippen LogP contribution is 2.60. The second-order valence-corrected chi connectivity index (χ2v) is 11.4. The van der Waals surface area contributed by atoms with Gasteiger partial charge >= 0.3 is 0 Å². The van der Waals surface area contributed by atoms with Crippen molar-refractivity contribution in [2.75, 3.05) is 0 Å². The van der Waals surface area contributed by atoms with Crippen LogP contribution >= 0.6 is 0 Å². The number of hydrogen-bond donors (Lipinski definition) is 4. The SMILES string of the molecule is C=C1[C@@H](C)[C@H]2[C@H](Cc3ccccc3)NC(=O)[C@]23[C@H](O)[C@H]2O[C@@H]2[C@](C)(O)C[C@@H](C)CC=C[C@H]3[C@@H]1O. The van der Waals surface area contributed by atoms with Gasteiger partial charge in [-0.15, -0.1) is 0 Å². The first-order valence-electron chi connectivity index (χ1n) is 12.5. The molecule has 5 rings (SSSR count). The molecule has 0 unspecified atom stereocenters. The Hall–Kier alpha value is -1.99. The van der Waals surface area contributed by atoms with Crippen LogP contribution in [0.5, 0.6) is 0 Å². The molecule has 0 bridgehead atoms. The maximum atomic E-state index is 13.9. The molecule has 6 nitrogen and oxygen atoms in total. The van der Waals surface area contributed by atoms with Gasteiger partial charge in [-0.3, -0.25) is 4.79 Å². The molecule has 2 saturated heterocycles. The average molecular weight is 468 g/mol. The fraction of sp³-hybridized carbons (Fsp3) is 0.607. The van der Waals surface area contributed by atoms with Gasteiger partial charge in [0, 0.05) is 17.9 Å². The van der Waals surface area contributed by atoms with Gasteiger partial charge in [-0.2, -0.15) is 0 Å². The number of ether oxygens (including phenoxy) is 1. The maximum absolute atomic E-state index is 13.9. The Labute approximate surface area is 201 Å². The summed E-state index contributed by atoms with van der Waals surface area (Å²) in [6.45, 7) is 10.0. The summed E-state index contributed by atoms with van der Waals surface area (Å²) in [6, 6.07) is 9.78. The third kappa shape index (κ3) is 3.49. The van der Waals surface area contributed by atoms with E-state index in [1.807, 2.05) is 49.4 Å². The number of epoxide rings is 1. The largest absolute Gasteiger partial charge is 0.389 e. The lowest BCUT2D eigenvalue weighted by atomic mass is 9.51. The predicted octanol–water partition coefficient (Wildman–Crippen LogP) is 2.38. The average Bonchev–Trinajstić information content (AvgIpc) is 3.55. The molecule has 1 aromatic rings. The van der Waals surface area contributed by atoms with Gasteiger partial charge in [-0.1, -0.05) is 62.9 Å². The third-order valence-electron chi connectivity index (χ3n) is 8.97. The van der Waals surface area contributed by atoms with Gasteiger partial charge in [0.1, 0.15) is 12.2 Å². The number of amides is 1. The molecular formula is C28H37NO5. The summed E-state index contributed by atoms with van der Waals surface area (Å²) in [6.07, 6.45) is 2.44. The minimum atomic E-state index is -1.28. The lowest BCUT2D eigenvalue weighted by Gasteiger charge is -2.52. The molecule has 1 amide bonds. The molecule has 2 aliphatic heterocycles. The van der Waals surface area contributed by atoms with Crippen molar-refractivity contribution in [1.29, 1.82) is 0 Å². The van der Waals surface area contributed by atoms with Crippen LogP contribution in [0, 0.1) is 29.1 Å². The zero-order valence-electron chi connectivity index (χ0n) is 20.2. The van der Waals surface area contributed by atoms with Crippen molar-refractivity contribution in [1.82, 2.24) is 5.32 Å². The highest BCUT2D eigenvalue weighted by atomic mass is 16.6. The zero-order chi connectivity index (χ0) is 24.4. The number of benzene rings is 1. The highest BCUT2D eigenvalue weighted by Gasteiger charge is 2.72. The lowest BCUT2D eigenvalue weighted by Crippen LogP contribution is -2.61. The van der Waals surface area contributed by atoms with E-state index in [0.29, 0.717) is 24.8 Å². The smallest absolute Gasteiger partial charge is 0.230 e. The van der Waals surface area contributed by atoms with Crippen LogP contribution in [-0.4, -0.2) is 57.3 Å². The Kier molecular flexibility index (Phi) is 5.79. The lowest BCUT2D eigenvalue weighted by molar-refractivity contribution is -0.154. The molecule has 2 heterocycles. The summed E-state index contributed by atoms with van der Waals surface area (Å²) >= 11 is 0. The number of aliphatic hydroxyl groups is 3. The van der Waals surface area contributed by atoms with Crippen LogP contribution in [0.4, 0.5) is 0 Å². The Morgan fingerprint density at radius 3 is 2.62 bits per heavy atom. The Morgan fingerprint density at radius 1 is 1.21 bits per heavy atom. The molecule has 4 aliphatic rings. The van der Waals surface area contributed by atoms with E-state index in [2.05, 4.69) is 18.8 Å². The molecule has 4 N–H and O–H groups in total. The number of carbonyl (C=O) groups excluding carboxylic acids is 1. The quantitative estimate of drug-likeness (QED) is 0.395. The fourth-order valence-corrected chi connectivity index (χ4v) is 7.33. The van der Waals surface area contributed by atoms with Gasteiger partial charge in [0.15, 0.2) is 0 Å². The van der Waals surface area contributed by atoms with E-state index < -0.39 is 41.3 Å². The van der Waals surface area contributed by atoms with Crippen LogP contribution in [0.2, 0.25) is 0 Å². The summed E-state index contributed by atoms with van der Waals surface area (Å²) in [5.74, 6) is -1.17. The molecule has 1 spiro atoms. The molecular weight excluding hydrogens is 430 g/mol. The number of allylic oxidation sites excluding steroid dienone is 1. The molecule has 6 heteroatoms. The van der Waals surface area contributed by atoms with E-state index in [1.54, 1.807) is 6.92 Å². The molecule has 3 fully saturated rings. The van der Waals surface area contributed by atoms with Gasteiger partial charge < -0.3 is 25.4 Å². The summed E-state index contributed by atoms with van der Waals surface area (Å²) in [5, 5.41) is 37.6. The summed E-state index contributed by atoms with van der Waals surface area (Å²) < 4.78 is 5.91. The first kappa shape index (κ1) is 23.7. The Bertz CT molecular complexity index is 990. The van der Waals surface area contributed by atoms with Crippen LogP contribution in [-0.2, 0) is 16.0 Å². The third-order valence-corrected chi connectivity index (χ3v) is 8.97. The van der Waals surface area contributed by atoms with Crippen LogP contribution in [0.15, 0.2) is 54.6 Å². The summed E-state index contributed by atoms with van der Waals surface area (Å²) in [5.41, 5.74) is -0.588. The van der Waals surface area contributed by atoms with Gasteiger partial charge in [-0.05, 0) is 49.2 Å². The van der Waals surface area contributed by atoms with Crippen molar-refractivity contribution in [2.45, 2.75) is 76.1 Å².